The maximum absolute atomic E-state index is 12.0. The highest BCUT2D eigenvalue weighted by Crippen LogP contribution is 2.30. The van der Waals surface area contributed by atoms with E-state index in [0.29, 0.717) is 18.7 Å². The number of anilines is 2. The standard InChI is InChI=1S/C17H23N3O4/c1-2-7-20-8-5-11-10-12(3-4-14(11)20)18-15(21)16(22)19-13-6-9-24-17(13)23/h3-4,10,13,17,23H,2,5-9H2,1H3,(H,18,21)(H,19,22)/t13-,17?/m0/s1. The van der Waals surface area contributed by atoms with Gasteiger partial charge < -0.3 is 25.4 Å². The maximum atomic E-state index is 12.0. The predicted molar refractivity (Wildman–Crippen MR) is 89.8 cm³/mol. The second kappa shape index (κ2) is 7.19. The molecular formula is C17H23N3O4. The Hall–Kier alpha value is -2.12. The summed E-state index contributed by atoms with van der Waals surface area (Å²) in [7, 11) is 0. The van der Waals surface area contributed by atoms with Crippen molar-refractivity contribution < 1.29 is 19.4 Å². The van der Waals surface area contributed by atoms with Gasteiger partial charge in [-0.3, -0.25) is 9.59 Å². The van der Waals surface area contributed by atoms with Gasteiger partial charge in [0.15, 0.2) is 6.29 Å². The van der Waals surface area contributed by atoms with Crippen molar-refractivity contribution in [1.29, 1.82) is 0 Å². The van der Waals surface area contributed by atoms with E-state index in [-0.39, 0.29) is 0 Å². The van der Waals surface area contributed by atoms with E-state index >= 15 is 0 Å². The molecule has 1 fully saturated rings. The summed E-state index contributed by atoms with van der Waals surface area (Å²) in [6.45, 7) is 4.53. The molecule has 1 aromatic rings. The largest absolute Gasteiger partial charge is 0.371 e. The maximum Gasteiger partial charge on any atom is 0.313 e. The molecule has 0 radical (unpaired) electrons. The topological polar surface area (TPSA) is 90.9 Å². The van der Waals surface area contributed by atoms with Crippen molar-refractivity contribution in [3.8, 4) is 0 Å². The SMILES string of the molecule is CCCN1CCc2cc(NC(=O)C(=O)N[C@H]3CCOC3O)ccc21. The Morgan fingerprint density at radius 2 is 2.21 bits per heavy atom. The van der Waals surface area contributed by atoms with Gasteiger partial charge in [-0.1, -0.05) is 6.92 Å². The third kappa shape index (κ3) is 3.52. The van der Waals surface area contributed by atoms with E-state index in [0.717, 1.165) is 25.9 Å². The number of rotatable bonds is 4. The van der Waals surface area contributed by atoms with Crippen molar-refractivity contribution in [2.75, 3.05) is 29.9 Å². The zero-order valence-electron chi connectivity index (χ0n) is 13.7. The molecule has 0 aliphatic carbocycles. The van der Waals surface area contributed by atoms with Crippen LogP contribution in [-0.4, -0.2) is 48.9 Å². The first-order chi connectivity index (χ1) is 11.6. The Kier molecular flexibility index (Phi) is 5.01. The Labute approximate surface area is 141 Å². The number of carbonyl (C=O) groups is 2. The summed E-state index contributed by atoms with van der Waals surface area (Å²) in [5.74, 6) is -1.50. The minimum absolute atomic E-state index is 0.368. The number of nitrogens with zero attached hydrogens (tertiary/aromatic N) is 1. The molecule has 2 heterocycles. The van der Waals surface area contributed by atoms with E-state index in [1.54, 1.807) is 0 Å². The molecule has 0 bridgehead atoms. The molecule has 3 rings (SSSR count). The second-order valence-corrected chi connectivity index (χ2v) is 6.16. The number of hydrogen-bond acceptors (Lipinski definition) is 5. The van der Waals surface area contributed by atoms with Gasteiger partial charge in [0.1, 0.15) is 0 Å². The van der Waals surface area contributed by atoms with Crippen LogP contribution in [0, 0.1) is 0 Å². The number of amides is 2. The lowest BCUT2D eigenvalue weighted by Crippen LogP contribution is -2.45. The van der Waals surface area contributed by atoms with Gasteiger partial charge in [0, 0.05) is 24.5 Å². The van der Waals surface area contributed by atoms with E-state index in [9.17, 15) is 14.7 Å². The monoisotopic (exact) mass is 333 g/mol. The highest BCUT2D eigenvalue weighted by atomic mass is 16.6. The molecule has 0 aromatic heterocycles. The van der Waals surface area contributed by atoms with E-state index in [1.807, 2.05) is 18.2 Å². The third-order valence-electron chi connectivity index (χ3n) is 4.41. The van der Waals surface area contributed by atoms with Gasteiger partial charge in [0.25, 0.3) is 0 Å². The molecule has 24 heavy (non-hydrogen) atoms. The molecule has 7 heteroatoms. The second-order valence-electron chi connectivity index (χ2n) is 6.16. The number of benzene rings is 1. The summed E-state index contributed by atoms with van der Waals surface area (Å²) in [5, 5.41) is 14.6. The highest BCUT2D eigenvalue weighted by Gasteiger charge is 2.29. The van der Waals surface area contributed by atoms with Crippen LogP contribution in [-0.2, 0) is 20.7 Å². The lowest BCUT2D eigenvalue weighted by Gasteiger charge is -2.18. The lowest BCUT2D eigenvalue weighted by molar-refractivity contribution is -0.138. The van der Waals surface area contributed by atoms with Gasteiger partial charge in [-0.05, 0) is 43.0 Å². The zero-order valence-corrected chi connectivity index (χ0v) is 13.7. The number of nitrogens with one attached hydrogen (secondary N) is 2. The van der Waals surface area contributed by atoms with Crippen molar-refractivity contribution in [2.24, 2.45) is 0 Å². The van der Waals surface area contributed by atoms with Gasteiger partial charge in [0.05, 0.1) is 12.6 Å². The van der Waals surface area contributed by atoms with Gasteiger partial charge in [-0.2, -0.15) is 0 Å². The predicted octanol–water partition coefficient (Wildman–Crippen LogP) is 0.621. The third-order valence-corrected chi connectivity index (χ3v) is 4.41. The normalized spacial score (nSPS) is 22.3. The Bertz CT molecular complexity index is 634. The fourth-order valence-electron chi connectivity index (χ4n) is 3.19. The number of hydrogen-bond donors (Lipinski definition) is 3. The quantitative estimate of drug-likeness (QED) is 0.703. The molecule has 0 saturated carbocycles. The molecule has 130 valence electrons. The van der Waals surface area contributed by atoms with Gasteiger partial charge in [-0.25, -0.2) is 0 Å². The minimum Gasteiger partial charge on any atom is -0.371 e. The van der Waals surface area contributed by atoms with E-state index in [2.05, 4.69) is 22.5 Å². The molecular weight excluding hydrogens is 310 g/mol. The number of ether oxygens (including phenoxy) is 1. The zero-order chi connectivity index (χ0) is 17.1. The van der Waals surface area contributed by atoms with Crippen LogP contribution in [0.1, 0.15) is 25.3 Å². The fourth-order valence-corrected chi connectivity index (χ4v) is 3.19. The molecule has 2 aliphatic rings. The number of aliphatic hydroxyl groups excluding tert-OH is 1. The Balaban J connectivity index is 1.60. The first-order valence-electron chi connectivity index (χ1n) is 8.38. The molecule has 2 aliphatic heterocycles. The van der Waals surface area contributed by atoms with E-state index in [4.69, 9.17) is 4.74 Å². The van der Waals surface area contributed by atoms with Crippen LogP contribution in [0.3, 0.4) is 0 Å². The number of aliphatic hydroxyl groups is 1. The molecule has 1 aromatic carbocycles. The first-order valence-corrected chi connectivity index (χ1v) is 8.38. The van der Waals surface area contributed by atoms with Crippen LogP contribution >= 0.6 is 0 Å². The van der Waals surface area contributed by atoms with Crippen molar-refractivity contribution >= 4 is 23.2 Å². The van der Waals surface area contributed by atoms with Gasteiger partial charge >= 0.3 is 11.8 Å². The summed E-state index contributed by atoms with van der Waals surface area (Å²) in [4.78, 5) is 26.3. The average molecular weight is 333 g/mol. The van der Waals surface area contributed by atoms with Crippen molar-refractivity contribution in [3.05, 3.63) is 23.8 Å². The molecule has 1 saturated heterocycles. The molecule has 2 amide bonds. The van der Waals surface area contributed by atoms with Crippen LogP contribution in [0.5, 0.6) is 0 Å². The smallest absolute Gasteiger partial charge is 0.313 e. The van der Waals surface area contributed by atoms with E-state index in [1.165, 1.54) is 11.3 Å². The van der Waals surface area contributed by atoms with Crippen LogP contribution in [0.4, 0.5) is 11.4 Å². The number of fused-ring (bicyclic) bond motifs is 1. The molecule has 0 spiro atoms. The Morgan fingerprint density at radius 3 is 2.92 bits per heavy atom. The summed E-state index contributed by atoms with van der Waals surface area (Å²) < 4.78 is 4.95. The first kappa shape index (κ1) is 16.7. The molecule has 2 atom stereocenters. The molecule has 1 unspecified atom stereocenters. The van der Waals surface area contributed by atoms with Crippen LogP contribution in [0.2, 0.25) is 0 Å². The summed E-state index contributed by atoms with van der Waals surface area (Å²) in [6, 6.07) is 5.18. The minimum atomic E-state index is -1.05. The summed E-state index contributed by atoms with van der Waals surface area (Å²) in [5.41, 5.74) is 2.99. The van der Waals surface area contributed by atoms with Crippen molar-refractivity contribution in [2.45, 2.75) is 38.5 Å². The summed E-state index contributed by atoms with van der Waals surface area (Å²) >= 11 is 0. The highest BCUT2D eigenvalue weighted by molar-refractivity contribution is 6.39. The van der Waals surface area contributed by atoms with Crippen molar-refractivity contribution in [3.63, 3.8) is 0 Å². The van der Waals surface area contributed by atoms with Crippen LogP contribution in [0.15, 0.2) is 18.2 Å². The average Bonchev–Trinajstić information content (AvgIpc) is 3.14. The van der Waals surface area contributed by atoms with Gasteiger partial charge in [0.2, 0.25) is 0 Å². The molecule has 3 N–H and O–H groups in total. The fraction of sp³-hybridized carbons (Fsp3) is 0.529. The van der Waals surface area contributed by atoms with E-state index < -0.39 is 24.1 Å². The Morgan fingerprint density at radius 1 is 1.38 bits per heavy atom. The van der Waals surface area contributed by atoms with Gasteiger partial charge in [-0.15, -0.1) is 0 Å². The summed E-state index contributed by atoms with van der Waals surface area (Å²) in [6.07, 6.45) is 1.48. The van der Waals surface area contributed by atoms with Crippen molar-refractivity contribution in [1.82, 2.24) is 5.32 Å². The number of carbonyl (C=O) groups excluding carboxylic acids is 2. The molecule has 7 nitrogen and oxygen atoms in total. The van der Waals surface area contributed by atoms with Crippen LogP contribution in [0.25, 0.3) is 0 Å². The van der Waals surface area contributed by atoms with Crippen LogP contribution < -0.4 is 15.5 Å². The lowest BCUT2D eigenvalue weighted by atomic mass is 10.1.